The van der Waals surface area contributed by atoms with Crippen LogP contribution < -0.4 is 0 Å². The summed E-state index contributed by atoms with van der Waals surface area (Å²) in [6.45, 7) is 14.2. The topological polar surface area (TPSA) is 40.5 Å². The first kappa shape index (κ1) is 22.6. The average molecular weight is 415 g/mol. The molecule has 0 spiro atoms. The van der Waals surface area contributed by atoms with Crippen molar-refractivity contribution in [2.45, 2.75) is 98.7 Å². The highest BCUT2D eigenvalue weighted by Gasteiger charge is 2.62. The van der Waals surface area contributed by atoms with Crippen molar-refractivity contribution in [2.75, 3.05) is 0 Å². The van der Waals surface area contributed by atoms with Gasteiger partial charge in [0.15, 0.2) is 0 Å². The standard InChI is InChI=1S/C28H46O2/c1-17(2)18(3)7-8-19(4)23-11-12-24-22-10-9-20-15-21(29)13-14-27(20,5)25(22)16-26(30)28(23,24)6/h7-9,17-19,21-26,29-30H,10-16H2,1-6H3/b8-7+/t18-,19+,21-,22+,23+,24+,25-,26+,27-,28+/m0/s1. The summed E-state index contributed by atoms with van der Waals surface area (Å²) in [6.07, 6.45) is 14.6. The van der Waals surface area contributed by atoms with E-state index in [9.17, 15) is 10.2 Å². The Hall–Kier alpha value is -0.600. The highest BCUT2D eigenvalue weighted by atomic mass is 16.3. The minimum absolute atomic E-state index is 0.0435. The Morgan fingerprint density at radius 2 is 1.73 bits per heavy atom. The van der Waals surface area contributed by atoms with Gasteiger partial charge >= 0.3 is 0 Å². The summed E-state index contributed by atoms with van der Waals surface area (Å²) in [4.78, 5) is 0. The van der Waals surface area contributed by atoms with Crippen molar-refractivity contribution in [3.05, 3.63) is 23.8 Å². The molecule has 0 heterocycles. The molecule has 4 aliphatic carbocycles. The van der Waals surface area contributed by atoms with E-state index < -0.39 is 0 Å². The molecule has 0 amide bonds. The van der Waals surface area contributed by atoms with Crippen LogP contribution in [0.15, 0.2) is 23.8 Å². The van der Waals surface area contributed by atoms with Crippen LogP contribution in [-0.2, 0) is 0 Å². The van der Waals surface area contributed by atoms with Gasteiger partial charge in [-0.1, -0.05) is 65.3 Å². The Morgan fingerprint density at radius 3 is 2.43 bits per heavy atom. The van der Waals surface area contributed by atoms with Gasteiger partial charge in [0.25, 0.3) is 0 Å². The van der Waals surface area contributed by atoms with Crippen LogP contribution in [0.3, 0.4) is 0 Å². The maximum Gasteiger partial charge on any atom is 0.0602 e. The Labute approximate surface area is 185 Å². The average Bonchev–Trinajstić information content (AvgIpc) is 3.06. The van der Waals surface area contributed by atoms with Crippen molar-refractivity contribution < 1.29 is 10.2 Å². The van der Waals surface area contributed by atoms with Crippen molar-refractivity contribution in [3.63, 3.8) is 0 Å². The van der Waals surface area contributed by atoms with Crippen LogP contribution in [0.2, 0.25) is 0 Å². The van der Waals surface area contributed by atoms with E-state index >= 15 is 0 Å². The van der Waals surface area contributed by atoms with E-state index in [4.69, 9.17) is 0 Å². The lowest BCUT2D eigenvalue weighted by Gasteiger charge is -2.60. The monoisotopic (exact) mass is 414 g/mol. The van der Waals surface area contributed by atoms with E-state index in [1.165, 1.54) is 18.4 Å². The van der Waals surface area contributed by atoms with Gasteiger partial charge in [-0.2, -0.15) is 0 Å². The number of hydrogen-bond donors (Lipinski definition) is 2. The van der Waals surface area contributed by atoms with Crippen molar-refractivity contribution in [1.29, 1.82) is 0 Å². The van der Waals surface area contributed by atoms with Crippen LogP contribution in [0, 0.1) is 52.3 Å². The molecule has 2 N–H and O–H groups in total. The third-order valence-corrected chi connectivity index (χ3v) is 10.7. The molecule has 0 aromatic carbocycles. The van der Waals surface area contributed by atoms with Gasteiger partial charge in [0.1, 0.15) is 0 Å². The molecule has 2 heteroatoms. The van der Waals surface area contributed by atoms with E-state index in [1.807, 2.05) is 0 Å². The molecule has 3 fully saturated rings. The Balaban J connectivity index is 1.58. The molecule has 170 valence electrons. The lowest BCUT2D eigenvalue weighted by Crippen LogP contribution is -2.56. The molecule has 4 rings (SSSR count). The summed E-state index contributed by atoms with van der Waals surface area (Å²) in [5, 5.41) is 21.9. The SMILES string of the molecule is CC(C)[C@@H](C)/C=C/[C@@H](C)[C@H]1CC[C@@H]2[C@H]3CC=C4C[C@@H](O)CC[C@]4(C)[C@H]3C[C@@H](O)[C@@]21C. The third-order valence-electron chi connectivity index (χ3n) is 10.7. The van der Waals surface area contributed by atoms with Gasteiger partial charge < -0.3 is 10.2 Å². The zero-order valence-electron chi connectivity index (χ0n) is 20.3. The lowest BCUT2D eigenvalue weighted by atomic mass is 9.46. The van der Waals surface area contributed by atoms with E-state index in [1.54, 1.807) is 0 Å². The molecule has 2 nitrogen and oxygen atoms in total. The number of rotatable bonds is 4. The van der Waals surface area contributed by atoms with Gasteiger partial charge in [0.2, 0.25) is 0 Å². The number of allylic oxidation sites excluding steroid dienone is 3. The summed E-state index contributed by atoms with van der Waals surface area (Å²) < 4.78 is 0. The Kier molecular flexibility index (Phi) is 6.08. The van der Waals surface area contributed by atoms with Crippen LogP contribution in [0.4, 0.5) is 0 Å². The number of hydrogen-bond acceptors (Lipinski definition) is 2. The molecule has 4 aliphatic rings. The highest BCUT2D eigenvalue weighted by molar-refractivity contribution is 5.26. The van der Waals surface area contributed by atoms with Crippen molar-refractivity contribution >= 4 is 0 Å². The minimum Gasteiger partial charge on any atom is -0.393 e. The van der Waals surface area contributed by atoms with Gasteiger partial charge in [0.05, 0.1) is 12.2 Å². The van der Waals surface area contributed by atoms with E-state index in [-0.39, 0.29) is 23.0 Å². The molecule has 0 aromatic rings. The fraction of sp³-hybridized carbons (Fsp3) is 0.857. The van der Waals surface area contributed by atoms with E-state index in [2.05, 4.69) is 59.8 Å². The smallest absolute Gasteiger partial charge is 0.0602 e. The van der Waals surface area contributed by atoms with Gasteiger partial charge in [-0.05, 0) is 97.2 Å². The summed E-state index contributed by atoms with van der Waals surface area (Å²) in [7, 11) is 0. The molecule has 3 saturated carbocycles. The molecule has 30 heavy (non-hydrogen) atoms. The summed E-state index contributed by atoms with van der Waals surface area (Å²) in [5.41, 5.74) is 1.73. The van der Waals surface area contributed by atoms with Gasteiger partial charge in [0, 0.05) is 0 Å². The predicted molar refractivity (Wildman–Crippen MR) is 125 cm³/mol. The Morgan fingerprint density at radius 1 is 1.00 bits per heavy atom. The lowest BCUT2D eigenvalue weighted by molar-refractivity contribution is -0.133. The third kappa shape index (κ3) is 3.45. The molecule has 0 saturated heterocycles. The molecule has 0 bridgehead atoms. The Bertz CT molecular complexity index is 693. The molecular weight excluding hydrogens is 368 g/mol. The molecular formula is C28H46O2. The zero-order valence-corrected chi connectivity index (χ0v) is 20.3. The summed E-state index contributed by atoms with van der Waals surface area (Å²) in [5.74, 6) is 4.34. The molecule has 10 atom stereocenters. The van der Waals surface area contributed by atoms with Gasteiger partial charge in [-0.15, -0.1) is 0 Å². The quantitative estimate of drug-likeness (QED) is 0.524. The maximum absolute atomic E-state index is 11.6. The van der Waals surface area contributed by atoms with Crippen molar-refractivity contribution in [3.8, 4) is 0 Å². The van der Waals surface area contributed by atoms with E-state index in [0.717, 1.165) is 32.1 Å². The fourth-order valence-electron chi connectivity index (χ4n) is 8.21. The second-order valence-electron chi connectivity index (χ2n) is 12.3. The molecule has 0 aromatic heterocycles. The number of aliphatic hydroxyl groups excluding tert-OH is 2. The first-order valence-electron chi connectivity index (χ1n) is 12.8. The van der Waals surface area contributed by atoms with Crippen LogP contribution in [0.5, 0.6) is 0 Å². The summed E-state index contributed by atoms with van der Waals surface area (Å²) in [6, 6.07) is 0. The molecule has 0 radical (unpaired) electrons. The van der Waals surface area contributed by atoms with Crippen LogP contribution in [0.25, 0.3) is 0 Å². The molecule has 0 unspecified atom stereocenters. The van der Waals surface area contributed by atoms with Crippen molar-refractivity contribution in [1.82, 2.24) is 0 Å². The summed E-state index contributed by atoms with van der Waals surface area (Å²) >= 11 is 0. The van der Waals surface area contributed by atoms with Crippen LogP contribution >= 0.6 is 0 Å². The normalized spacial score (nSPS) is 48.1. The van der Waals surface area contributed by atoms with Crippen LogP contribution in [-0.4, -0.2) is 22.4 Å². The van der Waals surface area contributed by atoms with Gasteiger partial charge in [-0.3, -0.25) is 0 Å². The van der Waals surface area contributed by atoms with Crippen molar-refractivity contribution in [2.24, 2.45) is 52.3 Å². The fourth-order valence-corrected chi connectivity index (χ4v) is 8.21. The van der Waals surface area contributed by atoms with Gasteiger partial charge in [-0.25, -0.2) is 0 Å². The van der Waals surface area contributed by atoms with Crippen LogP contribution in [0.1, 0.15) is 86.5 Å². The minimum atomic E-state index is -0.197. The largest absolute Gasteiger partial charge is 0.393 e. The maximum atomic E-state index is 11.6. The zero-order chi connectivity index (χ0) is 21.8. The number of aliphatic hydroxyl groups is 2. The molecule has 0 aliphatic heterocycles. The second-order valence-corrected chi connectivity index (χ2v) is 12.3. The number of fused-ring (bicyclic) bond motifs is 5. The first-order chi connectivity index (χ1) is 14.1. The second kappa shape index (κ2) is 8.07. The highest BCUT2D eigenvalue weighted by Crippen LogP contribution is 2.67. The first-order valence-corrected chi connectivity index (χ1v) is 12.8. The predicted octanol–water partition coefficient (Wildman–Crippen LogP) is 6.38. The van der Waals surface area contributed by atoms with E-state index in [0.29, 0.717) is 41.4 Å².